The third kappa shape index (κ3) is 4.81. The second-order valence-electron chi connectivity index (χ2n) is 9.83. The van der Waals surface area contributed by atoms with Crippen molar-refractivity contribution < 1.29 is 19.4 Å². The maximum atomic E-state index is 12.0. The molecule has 3 N–H and O–H groups in total. The fraction of sp³-hybridized carbons (Fsp3) is 0.444. The number of phenols is 1. The molecule has 1 aromatic carbocycles. The number of ether oxygens (including phenoxy) is 2. The number of hydrogen-bond donors (Lipinski definition) is 3. The van der Waals surface area contributed by atoms with Gasteiger partial charge in [-0.3, -0.25) is 4.79 Å². The average molecular weight is 477 g/mol. The molecule has 3 aromatic rings. The van der Waals surface area contributed by atoms with E-state index in [0.29, 0.717) is 30.1 Å². The molecular formula is C27H32N4O4. The highest BCUT2D eigenvalue weighted by Crippen LogP contribution is 2.40. The van der Waals surface area contributed by atoms with Crippen LogP contribution in [-0.4, -0.2) is 58.2 Å². The summed E-state index contributed by atoms with van der Waals surface area (Å²) in [5.74, 6) is -0.0245. The zero-order chi connectivity index (χ0) is 24.4. The number of aromatic amines is 1. The molecule has 0 spiro atoms. The SMILES string of the molecule is C=CC(=O)N[C@@H]1COCC[C@@](C)(c2[nH]c3nnc(-c4ccccc4O)cc3c2C[C@@H]2CCCO2)C1. The van der Waals surface area contributed by atoms with Crippen LogP contribution in [-0.2, 0) is 26.1 Å². The van der Waals surface area contributed by atoms with Crippen molar-refractivity contribution in [3.05, 3.63) is 54.2 Å². The van der Waals surface area contributed by atoms with Crippen LogP contribution in [0.2, 0.25) is 0 Å². The van der Waals surface area contributed by atoms with E-state index < -0.39 is 0 Å². The number of nitrogens with zero attached hydrogens (tertiary/aromatic N) is 2. The Balaban J connectivity index is 1.59. The van der Waals surface area contributed by atoms with Gasteiger partial charge >= 0.3 is 0 Å². The smallest absolute Gasteiger partial charge is 0.243 e. The number of hydrogen-bond acceptors (Lipinski definition) is 6. The number of H-pyrrole nitrogens is 1. The zero-order valence-corrected chi connectivity index (χ0v) is 20.0. The van der Waals surface area contributed by atoms with Crippen LogP contribution >= 0.6 is 0 Å². The molecule has 3 atom stereocenters. The van der Waals surface area contributed by atoms with Crippen LogP contribution in [0, 0.1) is 0 Å². The molecule has 0 saturated carbocycles. The molecule has 5 rings (SSSR count). The number of fused-ring (bicyclic) bond motifs is 1. The monoisotopic (exact) mass is 476 g/mol. The van der Waals surface area contributed by atoms with Crippen molar-refractivity contribution in [3.8, 4) is 17.0 Å². The normalized spacial score (nSPS) is 24.8. The third-order valence-electron chi connectivity index (χ3n) is 7.25. The molecular weight excluding hydrogens is 444 g/mol. The van der Waals surface area contributed by atoms with Gasteiger partial charge in [-0.2, -0.15) is 0 Å². The van der Waals surface area contributed by atoms with Crippen LogP contribution in [0.1, 0.15) is 43.9 Å². The molecule has 0 radical (unpaired) electrons. The van der Waals surface area contributed by atoms with Crippen molar-refractivity contribution >= 4 is 16.9 Å². The van der Waals surface area contributed by atoms with Gasteiger partial charge in [0.1, 0.15) is 5.75 Å². The Morgan fingerprint density at radius 1 is 1.34 bits per heavy atom. The molecule has 2 aliphatic rings. The number of benzene rings is 1. The molecule has 8 heteroatoms. The van der Waals surface area contributed by atoms with Crippen LogP contribution in [0.25, 0.3) is 22.3 Å². The highest BCUT2D eigenvalue weighted by molar-refractivity contribution is 5.87. The number of para-hydroxylation sites is 1. The van der Waals surface area contributed by atoms with Gasteiger partial charge in [-0.15, -0.1) is 10.2 Å². The minimum Gasteiger partial charge on any atom is -0.507 e. The molecule has 35 heavy (non-hydrogen) atoms. The lowest BCUT2D eigenvalue weighted by molar-refractivity contribution is -0.117. The van der Waals surface area contributed by atoms with Crippen LogP contribution < -0.4 is 5.32 Å². The quantitative estimate of drug-likeness (QED) is 0.467. The van der Waals surface area contributed by atoms with E-state index in [2.05, 4.69) is 34.0 Å². The van der Waals surface area contributed by atoms with Crippen LogP contribution in [0.15, 0.2) is 43.0 Å². The molecule has 0 aliphatic carbocycles. The lowest BCUT2D eigenvalue weighted by atomic mass is 9.76. The zero-order valence-electron chi connectivity index (χ0n) is 20.0. The number of phenolic OH excluding ortho intramolecular Hbond substituents is 1. The summed E-state index contributed by atoms with van der Waals surface area (Å²) < 4.78 is 11.9. The molecule has 2 aliphatic heterocycles. The maximum Gasteiger partial charge on any atom is 0.243 e. The highest BCUT2D eigenvalue weighted by atomic mass is 16.5. The summed E-state index contributed by atoms with van der Waals surface area (Å²) in [6, 6.07) is 9.05. The Kier molecular flexibility index (Phi) is 6.58. The first-order chi connectivity index (χ1) is 17.0. The van der Waals surface area contributed by atoms with Gasteiger partial charge in [-0.1, -0.05) is 25.6 Å². The van der Waals surface area contributed by atoms with Crippen molar-refractivity contribution in [1.29, 1.82) is 0 Å². The van der Waals surface area contributed by atoms with E-state index in [1.807, 2.05) is 18.2 Å². The molecule has 2 fully saturated rings. The number of aromatic nitrogens is 3. The van der Waals surface area contributed by atoms with E-state index in [1.165, 1.54) is 6.08 Å². The fourth-order valence-electron chi connectivity index (χ4n) is 5.43. The Morgan fingerprint density at radius 2 is 2.20 bits per heavy atom. The van der Waals surface area contributed by atoms with E-state index in [-0.39, 0.29) is 29.2 Å². The summed E-state index contributed by atoms with van der Waals surface area (Å²) >= 11 is 0. The Hall–Kier alpha value is -3.23. The first-order valence-corrected chi connectivity index (χ1v) is 12.3. The maximum absolute atomic E-state index is 12.0. The van der Waals surface area contributed by atoms with Gasteiger partial charge in [-0.05, 0) is 55.5 Å². The van der Waals surface area contributed by atoms with Gasteiger partial charge in [0.05, 0.1) is 24.4 Å². The molecule has 0 unspecified atom stereocenters. The van der Waals surface area contributed by atoms with E-state index >= 15 is 0 Å². The largest absolute Gasteiger partial charge is 0.507 e. The fourth-order valence-corrected chi connectivity index (χ4v) is 5.43. The van der Waals surface area contributed by atoms with E-state index in [1.54, 1.807) is 12.1 Å². The van der Waals surface area contributed by atoms with Gasteiger partial charge < -0.3 is 24.9 Å². The van der Waals surface area contributed by atoms with E-state index in [4.69, 9.17) is 9.47 Å². The first kappa shape index (κ1) is 23.5. The first-order valence-electron chi connectivity index (χ1n) is 12.3. The summed E-state index contributed by atoms with van der Waals surface area (Å²) in [6.45, 7) is 7.64. The van der Waals surface area contributed by atoms with Crippen LogP contribution in [0.4, 0.5) is 0 Å². The lowest BCUT2D eigenvalue weighted by Crippen LogP contribution is -2.40. The minimum atomic E-state index is -0.278. The van der Waals surface area contributed by atoms with Gasteiger partial charge in [0.15, 0.2) is 5.65 Å². The highest BCUT2D eigenvalue weighted by Gasteiger charge is 2.37. The van der Waals surface area contributed by atoms with Crippen molar-refractivity contribution in [1.82, 2.24) is 20.5 Å². The summed E-state index contributed by atoms with van der Waals surface area (Å²) in [5.41, 5.74) is 3.96. The minimum absolute atomic E-state index is 0.127. The molecule has 0 bridgehead atoms. The van der Waals surface area contributed by atoms with Crippen molar-refractivity contribution in [2.45, 2.75) is 56.6 Å². The van der Waals surface area contributed by atoms with E-state index in [9.17, 15) is 9.90 Å². The number of carbonyl (C=O) groups excluding carboxylic acids is 1. The topological polar surface area (TPSA) is 109 Å². The Morgan fingerprint density at radius 3 is 2.97 bits per heavy atom. The predicted octanol–water partition coefficient (Wildman–Crippen LogP) is 3.79. The summed E-state index contributed by atoms with van der Waals surface area (Å²) in [5, 5.41) is 23.3. The van der Waals surface area contributed by atoms with Gasteiger partial charge in [0.25, 0.3) is 0 Å². The van der Waals surface area contributed by atoms with Crippen molar-refractivity contribution in [2.75, 3.05) is 19.8 Å². The molecule has 4 heterocycles. The number of rotatable bonds is 6. The average Bonchev–Trinajstić information content (AvgIpc) is 3.45. The standard InChI is InChI=1S/C27H32N4O4/c1-3-24(33)28-17-15-27(2,10-12-34-16-17)25-20(13-18-7-6-11-35-18)21-14-22(30-31-26(21)29-25)19-8-4-5-9-23(19)32/h3-5,8-9,14,17-18,32H,1,6-7,10-13,15-16H2,2H3,(H,28,33)(H,29,31)/t17-,18-,27+/m0/s1. The van der Waals surface area contributed by atoms with Gasteiger partial charge in [-0.25, -0.2) is 0 Å². The van der Waals surface area contributed by atoms with Crippen molar-refractivity contribution in [3.63, 3.8) is 0 Å². The lowest BCUT2D eigenvalue weighted by Gasteiger charge is -2.31. The van der Waals surface area contributed by atoms with Crippen LogP contribution in [0.5, 0.6) is 5.75 Å². The summed E-state index contributed by atoms with van der Waals surface area (Å²) in [7, 11) is 0. The van der Waals surface area contributed by atoms with Gasteiger partial charge in [0, 0.05) is 41.7 Å². The number of amides is 1. The van der Waals surface area contributed by atoms with Gasteiger partial charge in [0.2, 0.25) is 5.91 Å². The third-order valence-corrected chi connectivity index (χ3v) is 7.25. The second kappa shape index (κ2) is 9.79. The summed E-state index contributed by atoms with van der Waals surface area (Å²) in [6.07, 6.45) is 5.82. The van der Waals surface area contributed by atoms with E-state index in [0.717, 1.165) is 55.4 Å². The van der Waals surface area contributed by atoms with Crippen LogP contribution in [0.3, 0.4) is 0 Å². The molecule has 184 valence electrons. The second-order valence-corrected chi connectivity index (χ2v) is 9.83. The summed E-state index contributed by atoms with van der Waals surface area (Å²) in [4.78, 5) is 15.6. The molecule has 2 saturated heterocycles. The number of nitrogens with one attached hydrogen (secondary N) is 2. The molecule has 2 aromatic heterocycles. The predicted molar refractivity (Wildman–Crippen MR) is 133 cm³/mol. The molecule has 1 amide bonds. The number of carbonyl (C=O) groups is 1. The van der Waals surface area contributed by atoms with Crippen molar-refractivity contribution in [2.24, 2.45) is 0 Å². The Bertz CT molecular complexity index is 1230. The number of aromatic hydroxyl groups is 1. The molecule has 8 nitrogen and oxygen atoms in total. The Labute approximate surface area is 204 Å².